The first-order valence-electron chi connectivity index (χ1n) is 11.5. The van der Waals surface area contributed by atoms with Gasteiger partial charge < -0.3 is 25.0 Å². The van der Waals surface area contributed by atoms with Crippen LogP contribution in [0.15, 0.2) is 69.6 Å². The molecular formula is C25H27FN4O5S. The number of aryl methyl sites for hydroxylation is 1. The average molecular weight is 515 g/mol. The van der Waals surface area contributed by atoms with Gasteiger partial charge in [0.1, 0.15) is 18.0 Å². The maximum atomic E-state index is 13.6. The van der Waals surface area contributed by atoms with Gasteiger partial charge in [-0.15, -0.1) is 4.40 Å². The summed E-state index contributed by atoms with van der Waals surface area (Å²) in [5.41, 5.74) is 1.79. The Bertz CT molecular complexity index is 1330. The monoisotopic (exact) mass is 514 g/mol. The topological polar surface area (TPSA) is 109 Å². The summed E-state index contributed by atoms with van der Waals surface area (Å²) in [7, 11) is -4.11. The van der Waals surface area contributed by atoms with Crippen LogP contribution < -0.4 is 10.6 Å². The summed E-state index contributed by atoms with van der Waals surface area (Å²) >= 11 is 0. The van der Waals surface area contributed by atoms with E-state index < -0.39 is 40.2 Å². The molecule has 2 saturated heterocycles. The number of guanidine groups is 1. The molecule has 0 radical (unpaired) electrons. The maximum absolute atomic E-state index is 13.6. The first-order chi connectivity index (χ1) is 17.0. The molecule has 3 aliphatic heterocycles. The fourth-order valence-corrected chi connectivity index (χ4v) is 5.30. The lowest BCUT2D eigenvalue weighted by molar-refractivity contribution is -0.206. The third-order valence-corrected chi connectivity index (χ3v) is 7.53. The van der Waals surface area contributed by atoms with Gasteiger partial charge in [-0.25, -0.2) is 4.39 Å². The Labute approximate surface area is 209 Å². The second-order valence-corrected chi connectivity index (χ2v) is 11.5. The Morgan fingerprint density at radius 3 is 2.33 bits per heavy atom. The number of rotatable bonds is 4. The summed E-state index contributed by atoms with van der Waals surface area (Å²) in [6, 6.07) is 10.8. The molecule has 0 aliphatic carbocycles. The van der Waals surface area contributed by atoms with Crippen LogP contribution in [0.3, 0.4) is 0 Å². The second kappa shape index (κ2) is 8.99. The van der Waals surface area contributed by atoms with Crippen LogP contribution >= 0.6 is 0 Å². The van der Waals surface area contributed by atoms with Crippen molar-refractivity contribution in [2.45, 2.75) is 44.2 Å². The number of nitrogens with zero attached hydrogens (tertiary/aromatic N) is 2. The van der Waals surface area contributed by atoms with Crippen molar-refractivity contribution in [2.24, 2.45) is 9.81 Å². The molecule has 3 heterocycles. The van der Waals surface area contributed by atoms with Crippen molar-refractivity contribution in [3.63, 3.8) is 0 Å². The van der Waals surface area contributed by atoms with Crippen molar-refractivity contribution < 1.29 is 27.1 Å². The zero-order chi connectivity index (χ0) is 25.7. The summed E-state index contributed by atoms with van der Waals surface area (Å²) in [6.45, 7) is 6.78. The zero-order valence-electron chi connectivity index (χ0n) is 20.1. The van der Waals surface area contributed by atoms with Gasteiger partial charge in [0.25, 0.3) is 10.0 Å². The number of carbonyl (C=O) groups excluding carboxylic acids is 1. The van der Waals surface area contributed by atoms with E-state index in [0.29, 0.717) is 24.4 Å². The molecule has 2 atom stereocenters. The van der Waals surface area contributed by atoms with E-state index >= 15 is 0 Å². The molecule has 0 bridgehead atoms. The van der Waals surface area contributed by atoms with E-state index in [1.54, 1.807) is 18.3 Å². The quantitative estimate of drug-likeness (QED) is 0.646. The minimum Gasteiger partial charge on any atom is -0.348 e. The lowest BCUT2D eigenvalue weighted by Gasteiger charge is -2.41. The molecule has 2 N–H and O–H groups in total. The molecular weight excluding hydrogens is 487 g/mol. The predicted molar refractivity (Wildman–Crippen MR) is 129 cm³/mol. The number of fused-ring (bicyclic) bond motifs is 1. The molecule has 2 unspecified atom stereocenters. The third-order valence-electron chi connectivity index (χ3n) is 6.25. The second-order valence-electron chi connectivity index (χ2n) is 9.88. The molecule has 0 aromatic heterocycles. The van der Waals surface area contributed by atoms with Crippen LogP contribution in [0.25, 0.3) is 0 Å². The molecule has 2 aromatic carbocycles. The summed E-state index contributed by atoms with van der Waals surface area (Å²) in [4.78, 5) is 14.7. The lowest BCUT2D eigenvalue weighted by Crippen LogP contribution is -2.54. The van der Waals surface area contributed by atoms with Crippen molar-refractivity contribution in [3.8, 4) is 0 Å². The van der Waals surface area contributed by atoms with Crippen molar-refractivity contribution in [3.05, 3.63) is 77.2 Å². The van der Waals surface area contributed by atoms with Gasteiger partial charge in [-0.05, 0) is 36.8 Å². The van der Waals surface area contributed by atoms with Crippen LogP contribution in [0.1, 0.15) is 31.0 Å². The Morgan fingerprint density at radius 1 is 1.06 bits per heavy atom. The Kier molecular flexibility index (Phi) is 6.09. The number of benzene rings is 2. The van der Waals surface area contributed by atoms with Crippen molar-refractivity contribution in [2.75, 3.05) is 13.2 Å². The number of halogens is 1. The number of sulfonamides is 1. The van der Waals surface area contributed by atoms with E-state index in [2.05, 4.69) is 15.0 Å². The lowest BCUT2D eigenvalue weighted by atomic mass is 9.95. The molecule has 0 saturated carbocycles. The summed E-state index contributed by atoms with van der Waals surface area (Å²) < 4.78 is 55.8. The van der Waals surface area contributed by atoms with E-state index in [1.807, 2.05) is 20.8 Å². The van der Waals surface area contributed by atoms with E-state index in [1.165, 1.54) is 41.3 Å². The predicted octanol–water partition coefficient (Wildman–Crippen LogP) is 2.56. The third kappa shape index (κ3) is 4.61. The van der Waals surface area contributed by atoms with Gasteiger partial charge in [0.15, 0.2) is 6.29 Å². The van der Waals surface area contributed by atoms with Crippen LogP contribution in [0, 0.1) is 18.2 Å². The van der Waals surface area contributed by atoms with E-state index in [0.717, 1.165) is 5.56 Å². The van der Waals surface area contributed by atoms with Crippen LogP contribution in [0.2, 0.25) is 0 Å². The molecule has 5 rings (SSSR count). The van der Waals surface area contributed by atoms with Crippen molar-refractivity contribution in [1.82, 2.24) is 15.5 Å². The normalized spacial score (nSPS) is 25.2. The number of hydrogen-bond acceptors (Lipinski definition) is 5. The fourth-order valence-electron chi connectivity index (χ4n) is 4.34. The molecule has 1 amide bonds. The van der Waals surface area contributed by atoms with Crippen molar-refractivity contribution >= 4 is 21.9 Å². The minimum atomic E-state index is -4.11. The number of amides is 1. The highest BCUT2D eigenvalue weighted by Gasteiger charge is 2.49. The summed E-state index contributed by atoms with van der Waals surface area (Å²) in [5, 5.41) is 5.84. The van der Waals surface area contributed by atoms with Gasteiger partial charge in [-0.2, -0.15) is 8.42 Å². The molecule has 36 heavy (non-hydrogen) atoms. The zero-order valence-corrected chi connectivity index (χ0v) is 20.9. The number of hydrogen-bond donors (Lipinski definition) is 2. The van der Waals surface area contributed by atoms with Gasteiger partial charge in [-0.3, -0.25) is 4.79 Å². The number of carbonyl (C=O) groups is 1. The molecule has 3 aliphatic rings. The highest BCUT2D eigenvalue weighted by Crippen LogP contribution is 2.36. The van der Waals surface area contributed by atoms with E-state index in [4.69, 9.17) is 9.47 Å². The molecule has 2 fully saturated rings. The molecule has 2 aromatic rings. The summed E-state index contributed by atoms with van der Waals surface area (Å²) in [5.74, 6) is -0.889. The van der Waals surface area contributed by atoms with Gasteiger partial charge >= 0.3 is 0 Å². The Morgan fingerprint density at radius 2 is 1.69 bits per heavy atom. The fraction of sp³-hybridized carbons (Fsp3) is 0.360. The standard InChI is InChI=1S/C25H27FN4O5S/c1-15-4-10-18(11-5-15)36(32,33)29-24-27-12-19(23-34-13-25(2,3)14-35-23)21-28-22(31)20(30(21)24)16-6-8-17(26)9-7-16/h4-12,20-21,23H,13-14H2,1-3H3,(H,27,29)(H,28,31). The van der Waals surface area contributed by atoms with E-state index in [9.17, 15) is 17.6 Å². The van der Waals surface area contributed by atoms with Gasteiger partial charge in [0.2, 0.25) is 11.9 Å². The molecule has 0 spiro atoms. The molecule has 11 heteroatoms. The number of nitrogens with one attached hydrogen (secondary N) is 2. The van der Waals surface area contributed by atoms with Crippen LogP contribution in [-0.2, 0) is 24.3 Å². The van der Waals surface area contributed by atoms with Crippen LogP contribution in [0.5, 0.6) is 0 Å². The van der Waals surface area contributed by atoms with Crippen LogP contribution in [-0.4, -0.2) is 50.9 Å². The van der Waals surface area contributed by atoms with Crippen LogP contribution in [0.4, 0.5) is 4.39 Å². The highest BCUT2D eigenvalue weighted by molar-refractivity contribution is 7.90. The minimum absolute atomic E-state index is 0.0201. The van der Waals surface area contributed by atoms with Gasteiger partial charge in [0.05, 0.1) is 18.1 Å². The maximum Gasteiger partial charge on any atom is 0.285 e. The summed E-state index contributed by atoms with van der Waals surface area (Å²) in [6.07, 6.45) is 0.0218. The highest BCUT2D eigenvalue weighted by atomic mass is 32.2. The smallest absolute Gasteiger partial charge is 0.285 e. The van der Waals surface area contributed by atoms with E-state index in [-0.39, 0.29) is 16.3 Å². The first kappa shape index (κ1) is 24.4. The molecule has 9 nitrogen and oxygen atoms in total. The SMILES string of the molecule is Cc1ccc(S(=O)(=O)N=C2NC=C(C3OCC(C)(C)CO3)C3NC(=O)C(c4ccc(F)cc4)N23)cc1. The molecule has 190 valence electrons. The number of ether oxygens (including phenoxy) is 2. The first-order valence-corrected chi connectivity index (χ1v) is 12.9. The van der Waals surface area contributed by atoms with Crippen molar-refractivity contribution in [1.29, 1.82) is 0 Å². The van der Waals surface area contributed by atoms with Gasteiger partial charge in [-0.1, -0.05) is 43.7 Å². The largest absolute Gasteiger partial charge is 0.348 e. The average Bonchev–Trinajstić information content (AvgIpc) is 3.17. The Hall–Kier alpha value is -3.28. The Balaban J connectivity index is 1.56. The van der Waals surface area contributed by atoms with Gasteiger partial charge in [0, 0.05) is 17.2 Å².